The fourth-order valence-corrected chi connectivity index (χ4v) is 8.17. The van der Waals surface area contributed by atoms with E-state index in [4.69, 9.17) is 37.7 Å². The third-order valence-corrected chi connectivity index (χ3v) is 11.3. The van der Waals surface area contributed by atoms with Gasteiger partial charge in [-0.15, -0.1) is 0 Å². The lowest BCUT2D eigenvalue weighted by Gasteiger charge is -2.37. The molecular formula is C41H46Cl2N6O6. The summed E-state index contributed by atoms with van der Waals surface area (Å²) in [7, 11) is 3.16. The van der Waals surface area contributed by atoms with Crippen molar-refractivity contribution in [3.05, 3.63) is 82.0 Å². The van der Waals surface area contributed by atoms with Crippen LogP contribution in [0.15, 0.2) is 60.8 Å². The van der Waals surface area contributed by atoms with Crippen LogP contribution in [0.3, 0.4) is 0 Å². The van der Waals surface area contributed by atoms with Gasteiger partial charge in [0.15, 0.2) is 0 Å². The van der Waals surface area contributed by atoms with Crippen LogP contribution >= 0.6 is 23.2 Å². The number of piperidine rings is 2. The first-order chi connectivity index (χ1) is 26.5. The predicted molar refractivity (Wildman–Crippen MR) is 212 cm³/mol. The third kappa shape index (κ3) is 9.15. The number of rotatable bonds is 11. The summed E-state index contributed by atoms with van der Waals surface area (Å²) in [4.78, 5) is 50.5. The molecule has 0 unspecified atom stereocenters. The molecule has 0 atom stereocenters. The van der Waals surface area contributed by atoms with E-state index < -0.39 is 6.09 Å². The molecule has 0 spiro atoms. The highest BCUT2D eigenvalue weighted by atomic mass is 35.5. The molecule has 2 aliphatic heterocycles. The van der Waals surface area contributed by atoms with Gasteiger partial charge in [-0.05, 0) is 49.9 Å². The van der Waals surface area contributed by atoms with Gasteiger partial charge in [0, 0.05) is 98.2 Å². The van der Waals surface area contributed by atoms with Crippen molar-refractivity contribution < 1.29 is 29.0 Å². The number of carbonyl (C=O) groups is 3. The zero-order valence-corrected chi connectivity index (χ0v) is 33.0. The maximum Gasteiger partial charge on any atom is 0.407 e. The molecule has 2 fully saturated rings. The second-order valence-electron chi connectivity index (χ2n) is 14.0. The van der Waals surface area contributed by atoms with Crippen molar-refractivity contribution in [1.29, 1.82) is 0 Å². The van der Waals surface area contributed by atoms with Gasteiger partial charge in [0.25, 0.3) is 0 Å². The molecule has 4 aromatic rings. The van der Waals surface area contributed by atoms with Crippen LogP contribution in [-0.4, -0.2) is 100 Å². The van der Waals surface area contributed by atoms with E-state index in [1.165, 1.54) is 18.9 Å². The predicted octanol–water partition coefficient (Wildman–Crippen LogP) is 7.39. The summed E-state index contributed by atoms with van der Waals surface area (Å²) in [6, 6.07) is 17.0. The quantitative estimate of drug-likeness (QED) is 0.159. The molecule has 4 heterocycles. The number of likely N-dealkylation sites (tertiary alicyclic amines) is 2. The lowest BCUT2D eigenvalue weighted by molar-refractivity contribution is -0.130. The number of ether oxygens (including phenoxy) is 2. The first kappa shape index (κ1) is 39.8. The molecule has 3 amide bonds. The number of halogens is 2. The highest BCUT2D eigenvalue weighted by molar-refractivity contribution is 6.39. The number of pyridine rings is 2. The van der Waals surface area contributed by atoms with Crippen LogP contribution in [0.2, 0.25) is 10.0 Å². The number of benzene rings is 2. The summed E-state index contributed by atoms with van der Waals surface area (Å²) >= 11 is 14.2. The first-order valence-electron chi connectivity index (χ1n) is 18.4. The normalized spacial score (nSPS) is 15.4. The summed E-state index contributed by atoms with van der Waals surface area (Å²) in [6.45, 7) is 6.68. The van der Waals surface area contributed by atoms with Crippen LogP contribution in [0.4, 0.5) is 4.79 Å². The van der Waals surface area contributed by atoms with Crippen molar-refractivity contribution in [2.75, 3.05) is 40.4 Å². The van der Waals surface area contributed by atoms with E-state index in [9.17, 15) is 19.5 Å². The van der Waals surface area contributed by atoms with Crippen LogP contribution in [-0.2, 0) is 22.7 Å². The van der Waals surface area contributed by atoms with Gasteiger partial charge in [0.05, 0.1) is 42.2 Å². The van der Waals surface area contributed by atoms with Crippen molar-refractivity contribution in [1.82, 2.24) is 30.0 Å². The van der Waals surface area contributed by atoms with E-state index in [0.717, 1.165) is 49.4 Å². The lowest BCUT2D eigenvalue weighted by atomic mass is 9.98. The van der Waals surface area contributed by atoms with Crippen LogP contribution in [0.1, 0.15) is 50.7 Å². The molecule has 0 radical (unpaired) electrons. The molecule has 2 aromatic carbocycles. The molecule has 2 N–H and O–H groups in total. The average molecular weight is 790 g/mol. The molecule has 290 valence electrons. The molecule has 0 bridgehead atoms. The Hall–Kier alpha value is -4.91. The van der Waals surface area contributed by atoms with E-state index in [1.807, 2.05) is 48.5 Å². The molecular weight excluding hydrogens is 743 g/mol. The van der Waals surface area contributed by atoms with Gasteiger partial charge in [0.2, 0.25) is 17.7 Å². The van der Waals surface area contributed by atoms with Crippen LogP contribution < -0.4 is 14.8 Å². The first-order valence-corrected chi connectivity index (χ1v) is 19.1. The fourth-order valence-electron chi connectivity index (χ4n) is 7.52. The summed E-state index contributed by atoms with van der Waals surface area (Å²) in [6.07, 6.45) is 3.59. The summed E-state index contributed by atoms with van der Waals surface area (Å²) < 4.78 is 11.5. The topological polar surface area (TPSA) is 137 Å². The minimum atomic E-state index is -1.04. The number of carboxylic acid groups (broad SMARTS) is 1. The van der Waals surface area contributed by atoms with Crippen molar-refractivity contribution in [3.8, 4) is 45.3 Å². The Morgan fingerprint density at radius 1 is 0.873 bits per heavy atom. The summed E-state index contributed by atoms with van der Waals surface area (Å²) in [5.74, 6) is 1.03. The number of amides is 3. The highest BCUT2D eigenvalue weighted by Gasteiger charge is 2.30. The Labute approximate surface area is 331 Å². The molecule has 12 nitrogen and oxygen atoms in total. The number of nitrogens with one attached hydrogen (secondary N) is 1. The smallest absolute Gasteiger partial charge is 0.407 e. The van der Waals surface area contributed by atoms with Gasteiger partial charge >= 0.3 is 6.09 Å². The summed E-state index contributed by atoms with van der Waals surface area (Å²) in [5, 5.41) is 14.0. The van der Waals surface area contributed by atoms with Crippen LogP contribution in [0.25, 0.3) is 33.6 Å². The third-order valence-electron chi connectivity index (χ3n) is 10.5. The average Bonchev–Trinajstić information content (AvgIpc) is 3.18. The standard InChI is InChI=1S/C41H46Cl2N6O6/c1-25(50)45-30-13-18-47(19-14-30)23-28-9-8-27(22-36(28)54-3)39-38(43)33(12-17-44-39)32-6-5-7-34(37(32)42)35-11-10-29(40(46-35)55-4)24-49(41(52)53)31-15-20-48(21-16-31)26(2)51/h5-12,17,22,30-31H,13-16,18-21,23-24H2,1-4H3,(H,45,50)(H,52,53). The minimum Gasteiger partial charge on any atom is -0.496 e. The van der Waals surface area contributed by atoms with E-state index in [1.54, 1.807) is 31.2 Å². The van der Waals surface area contributed by atoms with Crippen LogP contribution in [0, 0.1) is 0 Å². The van der Waals surface area contributed by atoms with Gasteiger partial charge < -0.3 is 29.7 Å². The number of methoxy groups -OCH3 is 2. The molecule has 6 rings (SSSR count). The van der Waals surface area contributed by atoms with Crippen molar-refractivity contribution >= 4 is 41.1 Å². The van der Waals surface area contributed by atoms with E-state index in [2.05, 4.69) is 15.2 Å². The van der Waals surface area contributed by atoms with E-state index in [0.29, 0.717) is 75.5 Å². The van der Waals surface area contributed by atoms with E-state index >= 15 is 0 Å². The Kier molecular flexibility index (Phi) is 12.8. The maximum atomic E-state index is 12.4. The largest absolute Gasteiger partial charge is 0.496 e. The number of aromatic nitrogens is 2. The van der Waals surface area contributed by atoms with Gasteiger partial charge in [-0.1, -0.05) is 53.5 Å². The number of hydrogen-bond donors (Lipinski definition) is 2. The minimum absolute atomic E-state index is 0.00764. The molecule has 14 heteroatoms. The molecule has 55 heavy (non-hydrogen) atoms. The SMILES string of the molecule is COc1cc(-c2nccc(-c3cccc(-c4ccc(CN(C(=O)O)C5CCN(C(C)=O)CC5)c(OC)n4)c3Cl)c2Cl)ccc1CN1CCC(NC(C)=O)CC1. The highest BCUT2D eigenvalue weighted by Crippen LogP contribution is 2.42. The molecule has 0 saturated carbocycles. The van der Waals surface area contributed by atoms with E-state index in [-0.39, 0.29) is 30.4 Å². The van der Waals surface area contributed by atoms with Gasteiger partial charge in [-0.25, -0.2) is 9.78 Å². The lowest BCUT2D eigenvalue weighted by Crippen LogP contribution is -2.47. The van der Waals surface area contributed by atoms with Gasteiger partial charge in [-0.3, -0.25) is 19.5 Å². The molecule has 0 aliphatic carbocycles. The van der Waals surface area contributed by atoms with Gasteiger partial charge in [-0.2, -0.15) is 0 Å². The number of hydrogen-bond acceptors (Lipinski definition) is 8. The Morgan fingerprint density at radius 3 is 2.22 bits per heavy atom. The molecule has 2 saturated heterocycles. The maximum absolute atomic E-state index is 12.4. The molecule has 2 aliphatic rings. The Balaban J connectivity index is 1.22. The Bertz CT molecular complexity index is 2050. The number of carbonyl (C=O) groups excluding carboxylic acids is 2. The fraction of sp³-hybridized carbons (Fsp3) is 0.390. The number of nitrogens with zero attached hydrogens (tertiary/aromatic N) is 5. The van der Waals surface area contributed by atoms with Crippen molar-refractivity contribution in [2.24, 2.45) is 0 Å². The van der Waals surface area contributed by atoms with Crippen molar-refractivity contribution in [3.63, 3.8) is 0 Å². The second kappa shape index (κ2) is 17.7. The zero-order valence-electron chi connectivity index (χ0n) is 31.5. The molecule has 2 aromatic heterocycles. The van der Waals surface area contributed by atoms with Crippen molar-refractivity contribution in [2.45, 2.75) is 64.7 Å². The monoisotopic (exact) mass is 788 g/mol. The zero-order chi connectivity index (χ0) is 39.2. The Morgan fingerprint density at radius 2 is 1.56 bits per heavy atom. The summed E-state index contributed by atoms with van der Waals surface area (Å²) in [5.41, 5.74) is 5.63. The second-order valence-corrected chi connectivity index (χ2v) is 14.7. The van der Waals surface area contributed by atoms with Gasteiger partial charge in [0.1, 0.15) is 5.75 Å². The van der Waals surface area contributed by atoms with Crippen LogP contribution in [0.5, 0.6) is 11.6 Å².